The highest BCUT2D eigenvalue weighted by molar-refractivity contribution is 5.89. The fraction of sp³-hybridized carbons (Fsp3) is 0.941. The molecule has 4 nitrogen and oxygen atoms in total. The van der Waals surface area contributed by atoms with E-state index in [9.17, 15) is 4.79 Å². The Morgan fingerprint density at radius 1 is 1.19 bits per heavy atom. The van der Waals surface area contributed by atoms with Gasteiger partial charge in [-0.1, -0.05) is 26.2 Å². The molecule has 118 valence electrons. The predicted octanol–water partition coefficient (Wildman–Crippen LogP) is 2.09. The van der Waals surface area contributed by atoms with Crippen molar-refractivity contribution in [1.29, 1.82) is 0 Å². The SMILES string of the molecule is CCCC1NC2(CCCC2)C(=O)N1C1CCN(C2CC2)C1. The van der Waals surface area contributed by atoms with Gasteiger partial charge in [0.25, 0.3) is 0 Å². The van der Waals surface area contributed by atoms with Gasteiger partial charge in [0.1, 0.15) is 0 Å². The molecule has 2 heterocycles. The largest absolute Gasteiger partial charge is 0.321 e. The van der Waals surface area contributed by atoms with E-state index in [1.54, 1.807) is 0 Å². The monoisotopic (exact) mass is 291 g/mol. The number of carbonyl (C=O) groups is 1. The van der Waals surface area contributed by atoms with E-state index in [1.165, 1.54) is 38.6 Å². The minimum atomic E-state index is -0.188. The molecule has 4 heteroatoms. The fourth-order valence-electron chi connectivity index (χ4n) is 4.85. The molecule has 2 atom stereocenters. The topological polar surface area (TPSA) is 35.6 Å². The lowest BCUT2D eigenvalue weighted by atomic mass is 9.97. The van der Waals surface area contributed by atoms with Crippen LogP contribution in [-0.4, -0.2) is 52.6 Å². The summed E-state index contributed by atoms with van der Waals surface area (Å²) in [6.07, 6.45) is 11.0. The fourth-order valence-corrected chi connectivity index (χ4v) is 4.85. The number of hydrogen-bond donors (Lipinski definition) is 1. The average molecular weight is 291 g/mol. The number of nitrogens with zero attached hydrogens (tertiary/aromatic N) is 2. The zero-order chi connectivity index (χ0) is 14.4. The Morgan fingerprint density at radius 3 is 2.62 bits per heavy atom. The summed E-state index contributed by atoms with van der Waals surface area (Å²) in [6, 6.07) is 1.30. The Labute approximate surface area is 128 Å². The summed E-state index contributed by atoms with van der Waals surface area (Å²) in [5, 5.41) is 3.76. The van der Waals surface area contributed by atoms with Crippen molar-refractivity contribution in [1.82, 2.24) is 15.1 Å². The molecule has 2 aliphatic heterocycles. The highest BCUT2D eigenvalue weighted by Gasteiger charge is 2.54. The Kier molecular flexibility index (Phi) is 3.49. The molecule has 1 spiro atoms. The van der Waals surface area contributed by atoms with E-state index in [4.69, 9.17) is 0 Å². The van der Waals surface area contributed by atoms with Crippen molar-refractivity contribution in [3.63, 3.8) is 0 Å². The van der Waals surface area contributed by atoms with E-state index in [-0.39, 0.29) is 5.54 Å². The van der Waals surface area contributed by atoms with Crippen molar-refractivity contribution >= 4 is 5.91 Å². The van der Waals surface area contributed by atoms with Crippen molar-refractivity contribution in [2.75, 3.05) is 13.1 Å². The molecule has 4 fully saturated rings. The van der Waals surface area contributed by atoms with Gasteiger partial charge in [-0.15, -0.1) is 0 Å². The maximum Gasteiger partial charge on any atom is 0.244 e. The van der Waals surface area contributed by atoms with Crippen LogP contribution >= 0.6 is 0 Å². The summed E-state index contributed by atoms with van der Waals surface area (Å²) in [7, 11) is 0. The van der Waals surface area contributed by atoms with Crippen LogP contribution in [0.1, 0.15) is 64.7 Å². The summed E-state index contributed by atoms with van der Waals surface area (Å²) in [5.74, 6) is 0.432. The Hall–Kier alpha value is -0.610. The summed E-state index contributed by atoms with van der Waals surface area (Å²) >= 11 is 0. The normalized spacial score (nSPS) is 36.2. The summed E-state index contributed by atoms with van der Waals surface area (Å²) in [6.45, 7) is 4.55. The zero-order valence-corrected chi connectivity index (χ0v) is 13.3. The number of carbonyl (C=O) groups excluding carboxylic acids is 1. The molecule has 2 saturated carbocycles. The van der Waals surface area contributed by atoms with Gasteiger partial charge >= 0.3 is 0 Å². The van der Waals surface area contributed by atoms with Crippen LogP contribution in [0.25, 0.3) is 0 Å². The molecule has 4 aliphatic rings. The van der Waals surface area contributed by atoms with E-state index in [1.807, 2.05) is 0 Å². The first-order valence-corrected chi connectivity index (χ1v) is 9.08. The Balaban J connectivity index is 1.52. The maximum absolute atomic E-state index is 13.1. The maximum atomic E-state index is 13.1. The standard InChI is InChI=1S/C17H29N3O/c1-2-5-15-18-17(9-3-4-10-17)16(21)20(15)14-8-11-19(12-14)13-6-7-13/h13-15,18H,2-12H2,1H3. The van der Waals surface area contributed by atoms with Gasteiger partial charge in [0, 0.05) is 25.2 Å². The van der Waals surface area contributed by atoms with Crippen LogP contribution in [0.15, 0.2) is 0 Å². The van der Waals surface area contributed by atoms with E-state index >= 15 is 0 Å². The summed E-state index contributed by atoms with van der Waals surface area (Å²) in [5.41, 5.74) is -0.188. The molecule has 0 radical (unpaired) electrons. The number of hydrogen-bond acceptors (Lipinski definition) is 3. The first-order valence-electron chi connectivity index (χ1n) is 9.08. The van der Waals surface area contributed by atoms with E-state index in [0.717, 1.165) is 38.3 Å². The zero-order valence-electron chi connectivity index (χ0n) is 13.3. The smallest absolute Gasteiger partial charge is 0.244 e. The molecule has 21 heavy (non-hydrogen) atoms. The molecule has 0 aromatic carbocycles. The molecule has 0 aromatic rings. The van der Waals surface area contributed by atoms with Gasteiger partial charge in [0.05, 0.1) is 11.7 Å². The van der Waals surface area contributed by atoms with E-state index in [2.05, 4.69) is 22.0 Å². The average Bonchev–Trinajstić information content (AvgIpc) is 2.94. The van der Waals surface area contributed by atoms with Gasteiger partial charge in [0.2, 0.25) is 5.91 Å². The first-order chi connectivity index (χ1) is 10.2. The number of nitrogens with one attached hydrogen (secondary N) is 1. The molecule has 1 N–H and O–H groups in total. The number of likely N-dealkylation sites (tertiary alicyclic amines) is 1. The van der Waals surface area contributed by atoms with Gasteiger partial charge in [-0.2, -0.15) is 0 Å². The highest BCUT2D eigenvalue weighted by atomic mass is 16.2. The van der Waals surface area contributed by atoms with Gasteiger partial charge in [-0.25, -0.2) is 0 Å². The molecule has 2 saturated heterocycles. The van der Waals surface area contributed by atoms with Gasteiger partial charge < -0.3 is 4.90 Å². The van der Waals surface area contributed by atoms with E-state index < -0.39 is 0 Å². The lowest BCUT2D eigenvalue weighted by Gasteiger charge is -2.30. The van der Waals surface area contributed by atoms with Crippen LogP contribution in [0.4, 0.5) is 0 Å². The Bertz CT molecular complexity index is 414. The van der Waals surface area contributed by atoms with Crippen LogP contribution < -0.4 is 5.32 Å². The Morgan fingerprint density at radius 2 is 1.95 bits per heavy atom. The molecule has 4 rings (SSSR count). The third-order valence-electron chi connectivity index (χ3n) is 6.09. The predicted molar refractivity (Wildman–Crippen MR) is 82.9 cm³/mol. The second-order valence-electron chi connectivity index (χ2n) is 7.62. The van der Waals surface area contributed by atoms with Crippen molar-refractivity contribution in [3.8, 4) is 0 Å². The van der Waals surface area contributed by atoms with Crippen LogP contribution in [0, 0.1) is 0 Å². The molecular formula is C17H29N3O. The third kappa shape index (κ3) is 2.31. The van der Waals surface area contributed by atoms with Gasteiger partial charge in [-0.3, -0.25) is 15.0 Å². The van der Waals surface area contributed by atoms with Crippen LogP contribution in [-0.2, 0) is 4.79 Å². The molecule has 0 aromatic heterocycles. The molecule has 2 unspecified atom stereocenters. The van der Waals surface area contributed by atoms with Crippen LogP contribution in [0.2, 0.25) is 0 Å². The lowest BCUT2D eigenvalue weighted by molar-refractivity contribution is -0.135. The molecule has 2 aliphatic carbocycles. The molecule has 0 bridgehead atoms. The third-order valence-corrected chi connectivity index (χ3v) is 6.09. The van der Waals surface area contributed by atoms with Crippen LogP contribution in [0.5, 0.6) is 0 Å². The number of amides is 1. The first kappa shape index (κ1) is 14.0. The quantitative estimate of drug-likeness (QED) is 0.861. The summed E-state index contributed by atoms with van der Waals surface area (Å²) < 4.78 is 0. The number of rotatable bonds is 4. The van der Waals surface area contributed by atoms with E-state index in [0.29, 0.717) is 18.1 Å². The second-order valence-corrected chi connectivity index (χ2v) is 7.62. The van der Waals surface area contributed by atoms with Crippen molar-refractivity contribution < 1.29 is 4.79 Å². The lowest BCUT2D eigenvalue weighted by Crippen LogP contribution is -2.46. The van der Waals surface area contributed by atoms with Crippen LogP contribution in [0.3, 0.4) is 0 Å². The van der Waals surface area contributed by atoms with Gasteiger partial charge in [-0.05, 0) is 38.5 Å². The minimum Gasteiger partial charge on any atom is -0.321 e. The van der Waals surface area contributed by atoms with Crippen molar-refractivity contribution in [3.05, 3.63) is 0 Å². The molecular weight excluding hydrogens is 262 g/mol. The summed E-state index contributed by atoms with van der Waals surface area (Å²) in [4.78, 5) is 18.0. The second kappa shape index (κ2) is 5.24. The minimum absolute atomic E-state index is 0.188. The van der Waals surface area contributed by atoms with Crippen molar-refractivity contribution in [2.24, 2.45) is 0 Å². The van der Waals surface area contributed by atoms with Gasteiger partial charge in [0.15, 0.2) is 0 Å². The molecule has 1 amide bonds. The van der Waals surface area contributed by atoms with Crippen molar-refractivity contribution in [2.45, 2.75) is 88.5 Å². The highest BCUT2D eigenvalue weighted by Crippen LogP contribution is 2.40.